The lowest BCUT2D eigenvalue weighted by Crippen LogP contribution is -2.43. The number of hydrogen-bond donors (Lipinski definition) is 2. The molecule has 0 spiro atoms. The van der Waals surface area contributed by atoms with E-state index in [1.54, 1.807) is 0 Å². The second-order valence-electron chi connectivity index (χ2n) is 4.30. The summed E-state index contributed by atoms with van der Waals surface area (Å²) in [5, 5.41) is 12.2. The Morgan fingerprint density at radius 1 is 1.39 bits per heavy atom. The zero-order valence-electron chi connectivity index (χ0n) is 10.4. The fraction of sp³-hybridized carbons (Fsp3) is 0.462. The molecule has 0 aromatic heterocycles. The van der Waals surface area contributed by atoms with Crippen LogP contribution >= 0.6 is 0 Å². The topological polar surface area (TPSA) is 61.8 Å². The van der Waals surface area contributed by atoms with Gasteiger partial charge in [-0.3, -0.25) is 0 Å². The lowest BCUT2D eigenvalue weighted by atomic mass is 10.2. The average Bonchev–Trinajstić information content (AvgIpc) is 2.40. The van der Waals surface area contributed by atoms with E-state index in [2.05, 4.69) is 10.2 Å². The standard InChI is InChI=1S/C13H18N2O3/c1-10(13(16)17)18-12-5-3-2-4-11(12)15-8-6-14-7-9-15/h2-5,10,14H,6-9H2,1H3,(H,16,17). The highest BCUT2D eigenvalue weighted by Crippen LogP contribution is 2.29. The van der Waals surface area contributed by atoms with Gasteiger partial charge in [-0.05, 0) is 19.1 Å². The number of hydrogen-bond acceptors (Lipinski definition) is 4. The number of ether oxygens (including phenoxy) is 1. The Kier molecular flexibility index (Phi) is 4.04. The monoisotopic (exact) mass is 250 g/mol. The van der Waals surface area contributed by atoms with Crippen LogP contribution in [0.3, 0.4) is 0 Å². The molecule has 1 fully saturated rings. The van der Waals surface area contributed by atoms with E-state index in [0.717, 1.165) is 31.9 Å². The molecule has 5 heteroatoms. The smallest absolute Gasteiger partial charge is 0.344 e. The molecule has 1 aliphatic heterocycles. The maximum Gasteiger partial charge on any atom is 0.344 e. The zero-order chi connectivity index (χ0) is 13.0. The Labute approximate surface area is 106 Å². The second kappa shape index (κ2) is 5.73. The number of aliphatic carboxylic acids is 1. The second-order valence-corrected chi connectivity index (χ2v) is 4.30. The van der Waals surface area contributed by atoms with Crippen LogP contribution in [0.5, 0.6) is 5.75 Å². The number of para-hydroxylation sites is 2. The molecule has 2 N–H and O–H groups in total. The van der Waals surface area contributed by atoms with Crippen molar-refractivity contribution in [3.05, 3.63) is 24.3 Å². The molecule has 1 aliphatic rings. The fourth-order valence-electron chi connectivity index (χ4n) is 1.96. The molecule has 1 aromatic rings. The normalized spacial score (nSPS) is 17.3. The summed E-state index contributed by atoms with van der Waals surface area (Å²) < 4.78 is 5.50. The number of nitrogens with zero attached hydrogens (tertiary/aromatic N) is 1. The van der Waals surface area contributed by atoms with Gasteiger partial charge in [0, 0.05) is 26.2 Å². The predicted molar refractivity (Wildman–Crippen MR) is 69.3 cm³/mol. The van der Waals surface area contributed by atoms with E-state index in [0.29, 0.717) is 5.75 Å². The minimum absolute atomic E-state index is 0.634. The average molecular weight is 250 g/mol. The molecule has 98 valence electrons. The summed E-state index contributed by atoms with van der Waals surface area (Å²) in [7, 11) is 0. The summed E-state index contributed by atoms with van der Waals surface area (Å²) in [6.07, 6.45) is -0.839. The van der Waals surface area contributed by atoms with Gasteiger partial charge in [-0.2, -0.15) is 0 Å². The highest BCUT2D eigenvalue weighted by atomic mass is 16.5. The van der Waals surface area contributed by atoms with Crippen molar-refractivity contribution in [2.45, 2.75) is 13.0 Å². The number of rotatable bonds is 4. The summed E-state index contributed by atoms with van der Waals surface area (Å²) in [4.78, 5) is 13.1. The van der Waals surface area contributed by atoms with Gasteiger partial charge in [0.2, 0.25) is 0 Å². The van der Waals surface area contributed by atoms with Crippen LogP contribution in [0.4, 0.5) is 5.69 Å². The minimum atomic E-state index is -0.954. The maximum atomic E-state index is 10.8. The summed E-state index contributed by atoms with van der Waals surface area (Å²) in [6, 6.07) is 7.58. The van der Waals surface area contributed by atoms with Crippen molar-refractivity contribution in [1.82, 2.24) is 5.32 Å². The molecule has 0 aliphatic carbocycles. The van der Waals surface area contributed by atoms with E-state index >= 15 is 0 Å². The summed E-state index contributed by atoms with van der Waals surface area (Å²) >= 11 is 0. The molecule has 1 unspecified atom stereocenters. The summed E-state index contributed by atoms with van der Waals surface area (Å²) in [5.41, 5.74) is 0.965. The predicted octanol–water partition coefficient (Wildman–Crippen LogP) is 0.948. The third-order valence-electron chi connectivity index (χ3n) is 2.97. The van der Waals surface area contributed by atoms with E-state index in [9.17, 15) is 4.79 Å². The van der Waals surface area contributed by atoms with Gasteiger partial charge in [-0.25, -0.2) is 4.79 Å². The Balaban J connectivity index is 2.16. The lowest BCUT2D eigenvalue weighted by molar-refractivity contribution is -0.144. The molecule has 5 nitrogen and oxygen atoms in total. The van der Waals surface area contributed by atoms with E-state index in [4.69, 9.17) is 9.84 Å². The van der Waals surface area contributed by atoms with Gasteiger partial charge in [0.05, 0.1) is 5.69 Å². The number of benzene rings is 1. The molecule has 0 radical (unpaired) electrons. The molecule has 2 rings (SSSR count). The van der Waals surface area contributed by atoms with Crippen LogP contribution in [0.1, 0.15) is 6.92 Å². The van der Waals surface area contributed by atoms with E-state index in [1.165, 1.54) is 6.92 Å². The first-order valence-corrected chi connectivity index (χ1v) is 6.12. The van der Waals surface area contributed by atoms with Crippen LogP contribution in [0, 0.1) is 0 Å². The van der Waals surface area contributed by atoms with Gasteiger partial charge >= 0.3 is 5.97 Å². The first-order chi connectivity index (χ1) is 8.68. The van der Waals surface area contributed by atoms with Crippen LogP contribution in [-0.4, -0.2) is 43.4 Å². The van der Waals surface area contributed by atoms with Crippen molar-refractivity contribution in [2.75, 3.05) is 31.1 Å². The fourth-order valence-corrected chi connectivity index (χ4v) is 1.96. The lowest BCUT2D eigenvalue weighted by Gasteiger charge is -2.31. The maximum absolute atomic E-state index is 10.8. The molecular weight excluding hydrogens is 232 g/mol. The van der Waals surface area contributed by atoms with Crippen molar-refractivity contribution in [2.24, 2.45) is 0 Å². The number of anilines is 1. The number of carboxylic acids is 1. The van der Waals surface area contributed by atoms with Gasteiger partial charge < -0.3 is 20.1 Å². The van der Waals surface area contributed by atoms with Crippen molar-refractivity contribution < 1.29 is 14.6 Å². The number of carboxylic acid groups (broad SMARTS) is 1. The van der Waals surface area contributed by atoms with Crippen LogP contribution in [-0.2, 0) is 4.79 Å². The molecule has 1 heterocycles. The van der Waals surface area contributed by atoms with E-state index in [1.807, 2.05) is 24.3 Å². The zero-order valence-corrected chi connectivity index (χ0v) is 10.4. The molecule has 1 atom stereocenters. The molecule has 1 aromatic carbocycles. The first-order valence-electron chi connectivity index (χ1n) is 6.12. The molecule has 0 bridgehead atoms. The summed E-state index contributed by atoms with van der Waals surface area (Å²) in [5.74, 6) is -0.320. The van der Waals surface area contributed by atoms with E-state index in [-0.39, 0.29) is 0 Å². The molecule has 0 saturated carbocycles. The minimum Gasteiger partial charge on any atom is -0.479 e. The number of nitrogens with one attached hydrogen (secondary N) is 1. The highest BCUT2D eigenvalue weighted by molar-refractivity contribution is 5.72. The van der Waals surface area contributed by atoms with Crippen molar-refractivity contribution in [1.29, 1.82) is 0 Å². The summed E-state index contributed by atoms with van der Waals surface area (Å²) in [6.45, 7) is 5.21. The largest absolute Gasteiger partial charge is 0.479 e. The Bertz CT molecular complexity index is 416. The quantitative estimate of drug-likeness (QED) is 0.833. The van der Waals surface area contributed by atoms with Gasteiger partial charge in [0.15, 0.2) is 6.10 Å². The number of carbonyl (C=O) groups is 1. The molecule has 18 heavy (non-hydrogen) atoms. The van der Waals surface area contributed by atoms with Crippen LogP contribution in [0.15, 0.2) is 24.3 Å². The molecule has 1 saturated heterocycles. The van der Waals surface area contributed by atoms with Gasteiger partial charge in [0.1, 0.15) is 5.75 Å². The third-order valence-corrected chi connectivity index (χ3v) is 2.97. The third kappa shape index (κ3) is 2.92. The van der Waals surface area contributed by atoms with Gasteiger partial charge in [-0.1, -0.05) is 12.1 Å². The van der Waals surface area contributed by atoms with Crippen LogP contribution in [0.2, 0.25) is 0 Å². The van der Waals surface area contributed by atoms with Crippen molar-refractivity contribution in [3.63, 3.8) is 0 Å². The van der Waals surface area contributed by atoms with Crippen molar-refractivity contribution in [3.8, 4) is 5.75 Å². The van der Waals surface area contributed by atoms with Crippen LogP contribution < -0.4 is 15.0 Å². The SMILES string of the molecule is CC(Oc1ccccc1N1CCNCC1)C(=O)O. The van der Waals surface area contributed by atoms with Gasteiger partial charge in [-0.15, -0.1) is 0 Å². The highest BCUT2D eigenvalue weighted by Gasteiger charge is 2.18. The Morgan fingerprint density at radius 2 is 2.06 bits per heavy atom. The van der Waals surface area contributed by atoms with Gasteiger partial charge in [0.25, 0.3) is 0 Å². The molecular formula is C13H18N2O3. The Morgan fingerprint density at radius 3 is 2.72 bits per heavy atom. The van der Waals surface area contributed by atoms with E-state index < -0.39 is 12.1 Å². The van der Waals surface area contributed by atoms with Crippen molar-refractivity contribution >= 4 is 11.7 Å². The first kappa shape index (κ1) is 12.7. The van der Waals surface area contributed by atoms with Crippen LogP contribution in [0.25, 0.3) is 0 Å². The Hall–Kier alpha value is -1.75. The molecule has 0 amide bonds. The number of piperazine rings is 1.